The van der Waals surface area contributed by atoms with Gasteiger partial charge in [0.15, 0.2) is 0 Å². The summed E-state index contributed by atoms with van der Waals surface area (Å²) >= 11 is 0. The minimum Gasteiger partial charge on any atom is -0.361 e. The van der Waals surface area contributed by atoms with Crippen LogP contribution in [0.4, 0.5) is 0 Å². The first-order valence-electron chi connectivity index (χ1n) is 5.86. The predicted octanol–water partition coefficient (Wildman–Crippen LogP) is 1.34. The first-order chi connectivity index (χ1) is 8.25. The van der Waals surface area contributed by atoms with Crippen molar-refractivity contribution in [3.63, 3.8) is 0 Å². The van der Waals surface area contributed by atoms with Crippen LogP contribution in [0.3, 0.4) is 0 Å². The largest absolute Gasteiger partial charge is 0.361 e. The molecule has 4 nitrogen and oxygen atoms in total. The summed E-state index contributed by atoms with van der Waals surface area (Å²) in [5.41, 5.74) is 7.59. The number of nitrogens with one attached hydrogen (secondary N) is 1. The van der Waals surface area contributed by atoms with Crippen molar-refractivity contribution in [2.45, 2.75) is 12.5 Å². The summed E-state index contributed by atoms with van der Waals surface area (Å²) in [6.07, 6.45) is 2.76. The van der Waals surface area contributed by atoms with Gasteiger partial charge in [0.2, 0.25) is 0 Å². The number of nitrogens with zero attached hydrogens (tertiary/aromatic N) is 1. The van der Waals surface area contributed by atoms with E-state index >= 15 is 0 Å². The van der Waals surface area contributed by atoms with E-state index < -0.39 is 0 Å². The van der Waals surface area contributed by atoms with Gasteiger partial charge in [-0.25, -0.2) is 0 Å². The van der Waals surface area contributed by atoms with Crippen molar-refractivity contribution in [3.8, 4) is 0 Å². The van der Waals surface area contributed by atoms with E-state index in [1.54, 1.807) is 0 Å². The molecule has 0 aliphatic carbocycles. The average Bonchev–Trinajstić information content (AvgIpc) is 2.95. The maximum absolute atomic E-state index is 12.4. The number of likely N-dealkylation sites (tertiary alicyclic amines) is 1. The van der Waals surface area contributed by atoms with Crippen molar-refractivity contribution in [2.75, 3.05) is 13.1 Å². The van der Waals surface area contributed by atoms with Gasteiger partial charge in [0.1, 0.15) is 0 Å². The lowest BCUT2D eigenvalue weighted by Gasteiger charge is -2.16. The van der Waals surface area contributed by atoms with Gasteiger partial charge in [-0.15, -0.1) is 0 Å². The molecule has 0 radical (unpaired) electrons. The third-order valence-electron chi connectivity index (χ3n) is 3.34. The van der Waals surface area contributed by atoms with Crippen LogP contribution >= 0.6 is 0 Å². The van der Waals surface area contributed by atoms with Gasteiger partial charge >= 0.3 is 0 Å². The Balaban J connectivity index is 1.98. The molecule has 17 heavy (non-hydrogen) atoms. The number of H-pyrrole nitrogens is 1. The molecule has 1 amide bonds. The van der Waals surface area contributed by atoms with E-state index in [0.29, 0.717) is 6.54 Å². The molecule has 3 N–H and O–H groups in total. The molecule has 0 bridgehead atoms. The minimum absolute atomic E-state index is 0.0863. The highest BCUT2D eigenvalue weighted by Crippen LogP contribution is 2.20. The molecule has 4 heteroatoms. The van der Waals surface area contributed by atoms with Crippen molar-refractivity contribution in [1.29, 1.82) is 0 Å². The number of rotatable bonds is 1. The van der Waals surface area contributed by atoms with Crippen LogP contribution in [0.2, 0.25) is 0 Å². The van der Waals surface area contributed by atoms with Crippen LogP contribution in [-0.2, 0) is 0 Å². The summed E-state index contributed by atoms with van der Waals surface area (Å²) < 4.78 is 0. The second-order valence-electron chi connectivity index (χ2n) is 4.54. The summed E-state index contributed by atoms with van der Waals surface area (Å²) in [6.45, 7) is 1.43. The molecule has 88 valence electrons. The second-order valence-corrected chi connectivity index (χ2v) is 4.54. The van der Waals surface area contributed by atoms with Crippen LogP contribution in [0.1, 0.15) is 16.8 Å². The number of nitrogens with two attached hydrogens (primary N) is 1. The molecule has 1 atom stereocenters. The lowest BCUT2D eigenvalue weighted by atomic mass is 10.1. The maximum Gasteiger partial charge on any atom is 0.254 e. The van der Waals surface area contributed by atoms with Gasteiger partial charge in [0, 0.05) is 41.8 Å². The highest BCUT2D eigenvalue weighted by atomic mass is 16.2. The van der Waals surface area contributed by atoms with Gasteiger partial charge in [-0.1, -0.05) is 6.07 Å². The lowest BCUT2D eigenvalue weighted by molar-refractivity contribution is 0.0793. The van der Waals surface area contributed by atoms with Crippen LogP contribution in [0.25, 0.3) is 10.9 Å². The molecule has 0 spiro atoms. The van der Waals surface area contributed by atoms with Gasteiger partial charge in [0.05, 0.1) is 0 Å². The zero-order valence-corrected chi connectivity index (χ0v) is 9.52. The number of carbonyl (C=O) groups is 1. The molecule has 1 aromatic heterocycles. The number of aromatic amines is 1. The quantitative estimate of drug-likeness (QED) is 0.775. The van der Waals surface area contributed by atoms with E-state index in [9.17, 15) is 4.79 Å². The Hall–Kier alpha value is -1.81. The van der Waals surface area contributed by atoms with Gasteiger partial charge in [0.25, 0.3) is 5.91 Å². The summed E-state index contributed by atoms with van der Waals surface area (Å²) in [4.78, 5) is 17.3. The van der Waals surface area contributed by atoms with Gasteiger partial charge in [-0.05, 0) is 24.6 Å². The van der Waals surface area contributed by atoms with Crippen LogP contribution in [-0.4, -0.2) is 34.9 Å². The van der Waals surface area contributed by atoms with E-state index in [4.69, 9.17) is 5.73 Å². The average molecular weight is 229 g/mol. The highest BCUT2D eigenvalue weighted by molar-refractivity contribution is 6.06. The van der Waals surface area contributed by atoms with E-state index in [0.717, 1.165) is 29.4 Å². The maximum atomic E-state index is 12.4. The molecule has 1 fully saturated rings. The zero-order valence-electron chi connectivity index (χ0n) is 9.52. The summed E-state index contributed by atoms with van der Waals surface area (Å²) in [7, 11) is 0. The Bertz CT molecular complexity index is 561. The fraction of sp³-hybridized carbons (Fsp3) is 0.308. The van der Waals surface area contributed by atoms with E-state index in [-0.39, 0.29) is 11.9 Å². The number of carbonyl (C=O) groups excluding carboxylic acids is 1. The molecule has 1 aromatic carbocycles. The Morgan fingerprint density at radius 2 is 2.29 bits per heavy atom. The second kappa shape index (κ2) is 3.89. The molecular formula is C13H15N3O. The Kier molecular flexibility index (Phi) is 2.37. The van der Waals surface area contributed by atoms with Crippen molar-refractivity contribution in [3.05, 3.63) is 36.0 Å². The summed E-state index contributed by atoms with van der Waals surface area (Å²) in [5, 5.41) is 0.984. The Morgan fingerprint density at radius 3 is 3.06 bits per heavy atom. The van der Waals surface area contributed by atoms with E-state index in [1.165, 1.54) is 0 Å². The van der Waals surface area contributed by atoms with Crippen molar-refractivity contribution in [1.82, 2.24) is 9.88 Å². The van der Waals surface area contributed by atoms with E-state index in [2.05, 4.69) is 4.98 Å². The zero-order chi connectivity index (χ0) is 11.8. The van der Waals surface area contributed by atoms with Crippen molar-refractivity contribution in [2.24, 2.45) is 5.73 Å². The number of hydrogen-bond donors (Lipinski definition) is 2. The fourth-order valence-corrected chi connectivity index (χ4v) is 2.41. The number of aromatic nitrogens is 1. The highest BCUT2D eigenvalue weighted by Gasteiger charge is 2.25. The number of amides is 1. The molecule has 0 saturated carbocycles. The molecule has 3 rings (SSSR count). The monoisotopic (exact) mass is 229 g/mol. The smallest absolute Gasteiger partial charge is 0.254 e. The molecule has 0 unspecified atom stereocenters. The lowest BCUT2D eigenvalue weighted by Crippen LogP contribution is -2.31. The Morgan fingerprint density at radius 1 is 1.41 bits per heavy atom. The number of benzene rings is 1. The van der Waals surface area contributed by atoms with Gasteiger partial charge < -0.3 is 15.6 Å². The van der Waals surface area contributed by atoms with Crippen LogP contribution in [0.15, 0.2) is 30.5 Å². The number of hydrogen-bond acceptors (Lipinski definition) is 2. The molecule has 2 aromatic rings. The molecule has 2 heterocycles. The molecular weight excluding hydrogens is 214 g/mol. The first-order valence-corrected chi connectivity index (χ1v) is 5.86. The normalized spacial score (nSPS) is 20.1. The topological polar surface area (TPSA) is 62.1 Å². The Labute approximate surface area is 99.4 Å². The summed E-state index contributed by atoms with van der Waals surface area (Å²) in [6, 6.07) is 7.83. The minimum atomic E-state index is 0.0863. The predicted molar refractivity (Wildman–Crippen MR) is 66.8 cm³/mol. The number of fused-ring (bicyclic) bond motifs is 1. The van der Waals surface area contributed by atoms with Crippen molar-refractivity contribution >= 4 is 16.8 Å². The van der Waals surface area contributed by atoms with Crippen molar-refractivity contribution < 1.29 is 4.79 Å². The SMILES string of the molecule is N[C@@H]1CCN(C(=O)c2cccc3[nH]ccc23)C1. The molecule has 1 aliphatic heterocycles. The van der Waals surface area contributed by atoms with E-state index in [1.807, 2.05) is 35.4 Å². The molecule has 1 aliphatic rings. The first kappa shape index (κ1) is 10.4. The summed E-state index contributed by atoms with van der Waals surface area (Å²) in [5.74, 6) is 0.0863. The standard InChI is InChI=1S/C13H15N3O/c14-9-5-7-16(8-9)13(17)11-2-1-3-12-10(11)4-6-15-12/h1-4,6,9,15H,5,7-8,14H2/t9-/m1/s1. The van der Waals surface area contributed by atoms with Crippen LogP contribution < -0.4 is 5.73 Å². The van der Waals surface area contributed by atoms with Gasteiger partial charge in [-0.3, -0.25) is 4.79 Å². The molecule has 1 saturated heterocycles. The van der Waals surface area contributed by atoms with Gasteiger partial charge in [-0.2, -0.15) is 0 Å². The third-order valence-corrected chi connectivity index (χ3v) is 3.34. The van der Waals surface area contributed by atoms with Crippen LogP contribution in [0, 0.1) is 0 Å². The third kappa shape index (κ3) is 1.70. The van der Waals surface area contributed by atoms with Crippen LogP contribution in [0.5, 0.6) is 0 Å². The fourth-order valence-electron chi connectivity index (χ4n) is 2.41.